The molecule has 7 nitrogen and oxygen atoms in total. The summed E-state index contributed by atoms with van der Waals surface area (Å²) in [7, 11) is 0. The minimum atomic E-state index is -4.52. The Morgan fingerprint density at radius 2 is 1.90 bits per heavy atom. The number of alkyl halides is 3. The highest BCUT2D eigenvalue weighted by molar-refractivity contribution is 5.99. The lowest BCUT2D eigenvalue weighted by molar-refractivity contribution is -0.137. The quantitative estimate of drug-likeness (QED) is 0.399. The number of hydrogen-bond acceptors (Lipinski definition) is 6. The van der Waals surface area contributed by atoms with Gasteiger partial charge in [-0.2, -0.15) is 18.4 Å². The number of rotatable bonds is 7. The van der Waals surface area contributed by atoms with Crippen LogP contribution in [0.2, 0.25) is 0 Å². The number of carbonyl (C=O) groups excluding carboxylic acids is 1. The molecule has 2 aliphatic heterocycles. The van der Waals surface area contributed by atoms with Crippen LogP contribution in [0.15, 0.2) is 54.7 Å². The number of nitriles is 1. The Bertz CT molecular complexity index is 1480. The zero-order valence-electron chi connectivity index (χ0n) is 22.9. The second-order valence-corrected chi connectivity index (χ2v) is 10.5. The number of carbonyl (C=O) groups is 1. The lowest BCUT2D eigenvalue weighted by atomic mass is 9.67. The number of amides is 1. The minimum Gasteiger partial charge on any atom is -0.478 e. The maximum Gasteiger partial charge on any atom is 0.416 e. The third-order valence-electron chi connectivity index (χ3n) is 8.11. The van der Waals surface area contributed by atoms with Crippen molar-refractivity contribution in [2.45, 2.75) is 44.2 Å². The van der Waals surface area contributed by atoms with Crippen molar-refractivity contribution in [2.24, 2.45) is 5.73 Å². The Morgan fingerprint density at radius 1 is 1.12 bits per heavy atom. The van der Waals surface area contributed by atoms with Crippen molar-refractivity contribution in [3.05, 3.63) is 71.4 Å². The molecular formula is C31H32F3N5O2. The number of anilines is 2. The van der Waals surface area contributed by atoms with Gasteiger partial charge in [-0.15, -0.1) is 0 Å². The van der Waals surface area contributed by atoms with Gasteiger partial charge < -0.3 is 20.3 Å². The van der Waals surface area contributed by atoms with Gasteiger partial charge in [-0.1, -0.05) is 12.1 Å². The van der Waals surface area contributed by atoms with Crippen LogP contribution in [0.4, 0.5) is 24.5 Å². The molecule has 0 saturated carbocycles. The fourth-order valence-electron chi connectivity index (χ4n) is 6.04. The molecule has 0 aliphatic carbocycles. The fourth-order valence-corrected chi connectivity index (χ4v) is 6.04. The van der Waals surface area contributed by atoms with Gasteiger partial charge in [-0.05, 0) is 80.3 Å². The van der Waals surface area contributed by atoms with E-state index in [1.54, 1.807) is 6.20 Å². The maximum absolute atomic E-state index is 13.6. The number of aromatic nitrogens is 1. The predicted octanol–water partition coefficient (Wildman–Crippen LogP) is 5.66. The summed E-state index contributed by atoms with van der Waals surface area (Å²) in [4.78, 5) is 21.8. The number of piperidine rings is 1. The van der Waals surface area contributed by atoms with Crippen LogP contribution < -0.4 is 20.3 Å². The van der Waals surface area contributed by atoms with Crippen molar-refractivity contribution in [2.75, 3.05) is 42.6 Å². The van der Waals surface area contributed by atoms with E-state index in [9.17, 15) is 23.2 Å². The SMILES string of the molecule is CCOc1ncccc1-c1ccc2c(c1)N(CCCN)C(=O)CC21CCN(c2ccc(C(F)(F)F)cc2C#N)CC1. The molecule has 3 aromatic rings. The van der Waals surface area contributed by atoms with Crippen molar-refractivity contribution in [1.82, 2.24) is 4.98 Å². The molecule has 2 N–H and O–H groups in total. The highest BCUT2D eigenvalue weighted by Crippen LogP contribution is 2.49. The summed E-state index contributed by atoms with van der Waals surface area (Å²) in [5.41, 5.74) is 8.67. The van der Waals surface area contributed by atoms with Crippen LogP contribution >= 0.6 is 0 Å². The van der Waals surface area contributed by atoms with Crippen molar-refractivity contribution in [3.8, 4) is 23.1 Å². The highest BCUT2D eigenvalue weighted by Gasteiger charge is 2.45. The first-order valence-corrected chi connectivity index (χ1v) is 13.8. The Morgan fingerprint density at radius 3 is 2.59 bits per heavy atom. The average molecular weight is 564 g/mol. The van der Waals surface area contributed by atoms with E-state index in [0.717, 1.165) is 34.5 Å². The van der Waals surface area contributed by atoms with E-state index in [2.05, 4.69) is 11.1 Å². The molecular weight excluding hydrogens is 531 g/mol. The maximum atomic E-state index is 13.6. The van der Waals surface area contributed by atoms with Crippen LogP contribution in [0.25, 0.3) is 11.1 Å². The monoisotopic (exact) mass is 563 g/mol. The van der Waals surface area contributed by atoms with Gasteiger partial charge in [-0.25, -0.2) is 4.98 Å². The lowest BCUT2D eigenvalue weighted by Gasteiger charge is -2.48. The van der Waals surface area contributed by atoms with E-state index in [1.165, 1.54) is 6.07 Å². The number of hydrogen-bond donors (Lipinski definition) is 1. The summed E-state index contributed by atoms with van der Waals surface area (Å²) in [5, 5.41) is 9.60. The van der Waals surface area contributed by atoms with E-state index >= 15 is 0 Å². The predicted molar refractivity (Wildman–Crippen MR) is 151 cm³/mol. The molecule has 1 amide bonds. The summed E-state index contributed by atoms with van der Waals surface area (Å²) < 4.78 is 45.4. The first-order valence-electron chi connectivity index (χ1n) is 13.8. The van der Waals surface area contributed by atoms with E-state index < -0.39 is 17.2 Å². The molecule has 10 heteroatoms. The standard InChI is InChI=1S/C31H32F3N5O2/c1-2-41-29-24(5-3-13-37-29)21-6-8-25-27(18-21)39(14-4-12-35)28(40)19-30(25)10-15-38(16-11-30)26-9-7-23(31(32,33)34)17-22(26)20-36/h3,5-9,13,17-18H,2,4,10-12,14-16,19,35H2,1H3. The molecule has 0 radical (unpaired) electrons. The van der Waals surface area contributed by atoms with E-state index in [1.807, 2.05) is 47.1 Å². The lowest BCUT2D eigenvalue weighted by Crippen LogP contribution is -2.50. The molecule has 0 bridgehead atoms. The van der Waals surface area contributed by atoms with Crippen LogP contribution in [0.3, 0.4) is 0 Å². The second-order valence-electron chi connectivity index (χ2n) is 10.5. The Kier molecular flexibility index (Phi) is 7.91. The number of pyridine rings is 1. The summed E-state index contributed by atoms with van der Waals surface area (Å²) >= 11 is 0. The summed E-state index contributed by atoms with van der Waals surface area (Å²) in [6.07, 6.45) is -0.583. The van der Waals surface area contributed by atoms with Crippen LogP contribution in [-0.2, 0) is 16.4 Å². The first kappa shape index (κ1) is 28.4. The van der Waals surface area contributed by atoms with Crippen molar-refractivity contribution in [3.63, 3.8) is 0 Å². The second kappa shape index (κ2) is 11.4. The van der Waals surface area contributed by atoms with E-state index in [4.69, 9.17) is 10.5 Å². The molecule has 2 aliphatic rings. The van der Waals surface area contributed by atoms with Gasteiger partial charge in [0.15, 0.2) is 0 Å². The molecule has 0 unspecified atom stereocenters. The van der Waals surface area contributed by atoms with Crippen molar-refractivity contribution in [1.29, 1.82) is 5.26 Å². The first-order chi connectivity index (χ1) is 19.7. The van der Waals surface area contributed by atoms with Gasteiger partial charge in [0.25, 0.3) is 0 Å². The molecule has 214 valence electrons. The normalized spacial score (nSPS) is 16.4. The zero-order valence-corrected chi connectivity index (χ0v) is 22.9. The number of halogens is 3. The average Bonchev–Trinajstić information content (AvgIpc) is 2.97. The minimum absolute atomic E-state index is 0.00456. The van der Waals surface area contributed by atoms with Gasteiger partial charge in [0.1, 0.15) is 6.07 Å². The van der Waals surface area contributed by atoms with Crippen molar-refractivity contribution >= 4 is 17.3 Å². The van der Waals surface area contributed by atoms with Gasteiger partial charge in [-0.3, -0.25) is 4.79 Å². The Hall–Kier alpha value is -4.10. The van der Waals surface area contributed by atoms with Crippen LogP contribution in [-0.4, -0.2) is 43.7 Å². The number of ether oxygens (including phenoxy) is 1. The molecule has 5 rings (SSSR count). The molecule has 0 atom stereocenters. The third-order valence-corrected chi connectivity index (χ3v) is 8.11. The number of benzene rings is 2. The van der Waals surface area contributed by atoms with Gasteiger partial charge in [0.2, 0.25) is 11.8 Å². The fraction of sp³-hybridized carbons (Fsp3) is 0.387. The number of fused-ring (bicyclic) bond motifs is 2. The summed E-state index contributed by atoms with van der Waals surface area (Å²) in [6.45, 7) is 4.37. The molecule has 1 fully saturated rings. The number of nitrogens with zero attached hydrogens (tertiary/aromatic N) is 4. The summed E-state index contributed by atoms with van der Waals surface area (Å²) in [5.74, 6) is 0.554. The van der Waals surface area contributed by atoms with E-state index in [-0.39, 0.29) is 11.5 Å². The molecule has 3 heterocycles. The smallest absolute Gasteiger partial charge is 0.416 e. The topological polar surface area (TPSA) is 95.5 Å². The van der Waals surface area contributed by atoms with Crippen molar-refractivity contribution < 1.29 is 22.7 Å². The van der Waals surface area contributed by atoms with Gasteiger partial charge in [0, 0.05) is 48.9 Å². The summed E-state index contributed by atoms with van der Waals surface area (Å²) in [6, 6.07) is 15.2. The van der Waals surface area contributed by atoms with Gasteiger partial charge >= 0.3 is 6.18 Å². The Labute approximate surface area is 237 Å². The molecule has 41 heavy (non-hydrogen) atoms. The molecule has 1 aromatic heterocycles. The number of nitrogens with two attached hydrogens (primary N) is 1. The highest BCUT2D eigenvalue weighted by atomic mass is 19.4. The van der Waals surface area contributed by atoms with Crippen LogP contribution in [0.1, 0.15) is 49.3 Å². The van der Waals surface area contributed by atoms with Crippen LogP contribution in [0, 0.1) is 11.3 Å². The largest absolute Gasteiger partial charge is 0.478 e. The third kappa shape index (κ3) is 5.46. The van der Waals surface area contributed by atoms with Crippen LogP contribution in [0.5, 0.6) is 5.88 Å². The Balaban J connectivity index is 1.49. The van der Waals surface area contributed by atoms with Gasteiger partial charge in [0.05, 0.1) is 23.4 Å². The zero-order chi connectivity index (χ0) is 29.2. The van der Waals surface area contributed by atoms with E-state index in [0.29, 0.717) is 70.0 Å². The molecule has 1 saturated heterocycles. The molecule has 2 aromatic carbocycles. The molecule has 1 spiro atoms.